The molecule has 0 radical (unpaired) electrons. The molecule has 9 heteroatoms. The first kappa shape index (κ1) is 14.1. The fraction of sp³-hybridized carbons (Fsp3) is 0.600. The fourth-order valence-corrected chi connectivity index (χ4v) is 2.18. The summed E-state index contributed by atoms with van der Waals surface area (Å²) < 4.78 is 42.2. The van der Waals surface area contributed by atoms with Crippen LogP contribution in [-0.2, 0) is 17.5 Å². The predicted octanol–water partition coefficient (Wildman–Crippen LogP) is 1.23. The summed E-state index contributed by atoms with van der Waals surface area (Å²) in [5, 5.41) is 6.46. The molecule has 0 amide bonds. The number of ether oxygens (including phenoxy) is 1. The normalized spacial score (nSPS) is 19.8. The Labute approximate surface area is 111 Å². The van der Waals surface area contributed by atoms with E-state index in [1.54, 1.807) is 7.11 Å². The van der Waals surface area contributed by atoms with E-state index in [1.165, 1.54) is 5.38 Å². The zero-order chi connectivity index (χ0) is 13.9. The van der Waals surface area contributed by atoms with Gasteiger partial charge in [-0.15, -0.1) is 11.3 Å². The topological polar surface area (TPSA) is 58.5 Å². The highest BCUT2D eigenvalue weighted by Gasteiger charge is 2.34. The van der Waals surface area contributed by atoms with Gasteiger partial charge >= 0.3 is 6.18 Å². The zero-order valence-electron chi connectivity index (χ0n) is 10.1. The molecule has 0 bridgehead atoms. The first-order valence-corrected chi connectivity index (χ1v) is 6.43. The van der Waals surface area contributed by atoms with Gasteiger partial charge in [0.1, 0.15) is 0 Å². The largest absolute Gasteiger partial charge is 0.443 e. The Morgan fingerprint density at radius 1 is 1.58 bits per heavy atom. The number of thiazole rings is 1. The maximum atomic E-state index is 12.4. The number of aliphatic imine (C=N–C) groups is 1. The number of guanidine groups is 1. The molecule has 1 aromatic heterocycles. The Bertz CT molecular complexity index is 460. The third-order valence-electron chi connectivity index (χ3n) is 2.51. The minimum atomic E-state index is -4.38. The molecule has 0 aromatic carbocycles. The second kappa shape index (κ2) is 5.74. The summed E-state index contributed by atoms with van der Waals surface area (Å²) in [5.74, 6) is 0.551. The number of alkyl halides is 3. The van der Waals surface area contributed by atoms with Gasteiger partial charge in [0.25, 0.3) is 0 Å². The third-order valence-corrected chi connectivity index (χ3v) is 3.45. The van der Waals surface area contributed by atoms with Crippen LogP contribution in [0.25, 0.3) is 0 Å². The number of rotatable bonds is 3. The highest BCUT2D eigenvalue weighted by molar-refractivity contribution is 7.09. The summed E-state index contributed by atoms with van der Waals surface area (Å²) in [6.45, 7) is 1.35. The van der Waals surface area contributed by atoms with Crippen molar-refractivity contribution >= 4 is 17.3 Å². The first-order chi connectivity index (χ1) is 8.99. The average Bonchev–Trinajstić information content (AvgIpc) is 2.86. The summed E-state index contributed by atoms with van der Waals surface area (Å²) >= 11 is 0.591. The Hall–Kier alpha value is -1.35. The lowest BCUT2D eigenvalue weighted by atomic mass is 10.3. The van der Waals surface area contributed by atoms with Gasteiger partial charge in [0.15, 0.2) is 11.0 Å². The van der Waals surface area contributed by atoms with Crippen LogP contribution in [-0.4, -0.2) is 37.2 Å². The number of halogens is 3. The minimum Gasteiger partial charge on any atom is -0.378 e. The molecule has 1 aliphatic heterocycles. The van der Waals surface area contributed by atoms with E-state index in [2.05, 4.69) is 20.6 Å². The number of aromatic nitrogens is 1. The lowest BCUT2D eigenvalue weighted by Crippen LogP contribution is -2.46. The van der Waals surface area contributed by atoms with E-state index >= 15 is 0 Å². The molecule has 0 saturated carbocycles. The van der Waals surface area contributed by atoms with Crippen molar-refractivity contribution in [2.75, 3.05) is 20.2 Å². The average molecular weight is 294 g/mol. The van der Waals surface area contributed by atoms with E-state index < -0.39 is 11.2 Å². The lowest BCUT2D eigenvalue weighted by Gasteiger charge is -2.22. The van der Waals surface area contributed by atoms with Crippen LogP contribution in [0, 0.1) is 0 Å². The minimum absolute atomic E-state index is 0.0293. The van der Waals surface area contributed by atoms with E-state index in [4.69, 9.17) is 4.74 Å². The molecule has 1 unspecified atom stereocenters. The van der Waals surface area contributed by atoms with Gasteiger partial charge in [-0.25, -0.2) is 4.98 Å². The second-order valence-corrected chi connectivity index (χ2v) is 4.78. The molecule has 0 spiro atoms. The summed E-state index contributed by atoms with van der Waals surface area (Å²) in [5.41, 5.74) is 0.343. The number of hydrogen-bond acceptors (Lipinski definition) is 6. The van der Waals surface area contributed by atoms with Crippen LogP contribution in [0.3, 0.4) is 0 Å². The van der Waals surface area contributed by atoms with E-state index in [9.17, 15) is 13.2 Å². The molecule has 19 heavy (non-hydrogen) atoms. The van der Waals surface area contributed by atoms with Crippen LogP contribution in [0.15, 0.2) is 10.4 Å². The molecular formula is C10H13F3N4OS. The van der Waals surface area contributed by atoms with Gasteiger partial charge in [0.2, 0.25) is 0 Å². The van der Waals surface area contributed by atoms with E-state index in [-0.39, 0.29) is 12.6 Å². The Morgan fingerprint density at radius 2 is 2.37 bits per heavy atom. The van der Waals surface area contributed by atoms with Crippen LogP contribution >= 0.6 is 11.3 Å². The van der Waals surface area contributed by atoms with Gasteiger partial charge in [0.05, 0.1) is 24.9 Å². The first-order valence-electron chi connectivity index (χ1n) is 5.55. The van der Waals surface area contributed by atoms with Crippen molar-refractivity contribution in [2.45, 2.75) is 18.8 Å². The van der Waals surface area contributed by atoms with Crippen LogP contribution in [0.2, 0.25) is 0 Å². The molecule has 2 rings (SSSR count). The molecule has 1 aromatic rings. The van der Waals surface area contributed by atoms with E-state index in [0.717, 1.165) is 0 Å². The molecule has 106 valence electrons. The van der Waals surface area contributed by atoms with Crippen LogP contribution in [0.4, 0.5) is 13.2 Å². The smallest absolute Gasteiger partial charge is 0.378 e. The molecular weight excluding hydrogens is 281 g/mol. The molecule has 0 saturated heterocycles. The highest BCUT2D eigenvalue weighted by Crippen LogP contribution is 2.31. The second-order valence-electron chi connectivity index (χ2n) is 3.92. The Kier molecular flexibility index (Phi) is 4.25. The van der Waals surface area contributed by atoms with Crippen molar-refractivity contribution in [3.63, 3.8) is 0 Å². The van der Waals surface area contributed by atoms with Crippen molar-refractivity contribution in [1.29, 1.82) is 0 Å². The Morgan fingerprint density at radius 3 is 2.89 bits per heavy atom. The molecule has 1 aliphatic rings. The number of methoxy groups -OCH3 is 1. The number of nitrogens with zero attached hydrogens (tertiary/aromatic N) is 2. The molecule has 1 atom stereocenters. The molecule has 5 nitrogen and oxygen atoms in total. The SMILES string of the molecule is COC1CN=C(NCc2csc(C(F)(F)F)n2)NC1. The van der Waals surface area contributed by atoms with E-state index in [1.807, 2.05) is 0 Å². The van der Waals surface area contributed by atoms with Crippen molar-refractivity contribution in [3.8, 4) is 0 Å². The maximum Gasteiger partial charge on any atom is 0.443 e. The van der Waals surface area contributed by atoms with Gasteiger partial charge in [0, 0.05) is 19.0 Å². The third kappa shape index (κ3) is 3.80. The standard InChI is InChI=1S/C10H13F3N4OS/c1-18-7-3-15-9(16-4-7)14-2-6-5-19-8(17-6)10(11,12)13/h5,7H,2-4H2,1H3,(H2,14,15,16). The van der Waals surface area contributed by atoms with Crippen molar-refractivity contribution in [3.05, 3.63) is 16.1 Å². The summed E-state index contributed by atoms with van der Waals surface area (Å²) in [7, 11) is 1.61. The number of hydrogen-bond donors (Lipinski definition) is 2. The quantitative estimate of drug-likeness (QED) is 0.880. The van der Waals surface area contributed by atoms with E-state index in [0.29, 0.717) is 36.1 Å². The van der Waals surface area contributed by atoms with Crippen molar-refractivity contribution < 1.29 is 17.9 Å². The summed E-state index contributed by atoms with van der Waals surface area (Å²) in [6.07, 6.45) is -4.35. The molecule has 0 fully saturated rings. The fourth-order valence-electron chi connectivity index (χ4n) is 1.49. The monoisotopic (exact) mass is 294 g/mol. The predicted molar refractivity (Wildman–Crippen MR) is 65.1 cm³/mol. The zero-order valence-corrected chi connectivity index (χ0v) is 10.9. The highest BCUT2D eigenvalue weighted by atomic mass is 32.1. The van der Waals surface area contributed by atoms with Crippen molar-refractivity contribution in [1.82, 2.24) is 15.6 Å². The van der Waals surface area contributed by atoms with Gasteiger partial charge in [-0.2, -0.15) is 13.2 Å². The van der Waals surface area contributed by atoms with Crippen LogP contribution < -0.4 is 10.6 Å². The van der Waals surface area contributed by atoms with Gasteiger partial charge < -0.3 is 15.4 Å². The molecule has 2 heterocycles. The van der Waals surface area contributed by atoms with Crippen molar-refractivity contribution in [2.24, 2.45) is 4.99 Å². The Balaban J connectivity index is 1.86. The molecule has 2 N–H and O–H groups in total. The summed E-state index contributed by atoms with van der Waals surface area (Å²) in [6, 6.07) is 0. The van der Waals surface area contributed by atoms with Crippen LogP contribution in [0.5, 0.6) is 0 Å². The lowest BCUT2D eigenvalue weighted by molar-refractivity contribution is -0.137. The van der Waals surface area contributed by atoms with Gasteiger partial charge in [-0.05, 0) is 0 Å². The van der Waals surface area contributed by atoms with Gasteiger partial charge in [-0.1, -0.05) is 0 Å². The van der Waals surface area contributed by atoms with Gasteiger partial charge in [-0.3, -0.25) is 4.99 Å². The summed E-state index contributed by atoms with van der Waals surface area (Å²) in [4.78, 5) is 7.70. The molecule has 0 aliphatic carbocycles. The van der Waals surface area contributed by atoms with Crippen LogP contribution in [0.1, 0.15) is 10.7 Å². The number of nitrogens with one attached hydrogen (secondary N) is 2. The maximum absolute atomic E-state index is 12.4.